The summed E-state index contributed by atoms with van der Waals surface area (Å²) in [5, 5.41) is 3.67. The minimum absolute atomic E-state index is 0.0311. The molecule has 0 saturated heterocycles. The van der Waals surface area contributed by atoms with E-state index in [4.69, 9.17) is 18.7 Å². The summed E-state index contributed by atoms with van der Waals surface area (Å²) in [7, 11) is 0. The van der Waals surface area contributed by atoms with Crippen LogP contribution in [0.3, 0.4) is 0 Å². The van der Waals surface area contributed by atoms with Crippen molar-refractivity contribution in [2.75, 3.05) is 13.2 Å². The fourth-order valence-electron chi connectivity index (χ4n) is 3.03. The van der Waals surface area contributed by atoms with Gasteiger partial charge in [-0.05, 0) is 30.3 Å². The summed E-state index contributed by atoms with van der Waals surface area (Å²) in [4.78, 5) is 28.3. The van der Waals surface area contributed by atoms with Crippen molar-refractivity contribution in [3.8, 4) is 22.9 Å². The first-order chi connectivity index (χ1) is 15.8. The Morgan fingerprint density at radius 3 is 2.42 bits per heavy atom. The van der Waals surface area contributed by atoms with Crippen LogP contribution in [-0.4, -0.2) is 35.1 Å². The van der Waals surface area contributed by atoms with Gasteiger partial charge in [-0.2, -0.15) is 18.2 Å². The number of hydrogen-bond donors (Lipinski definition) is 0. The first-order valence-electron chi connectivity index (χ1n) is 9.88. The van der Waals surface area contributed by atoms with Crippen molar-refractivity contribution >= 4 is 11.8 Å². The van der Waals surface area contributed by atoms with Crippen molar-refractivity contribution in [2.24, 2.45) is 0 Å². The summed E-state index contributed by atoms with van der Waals surface area (Å²) >= 11 is 0. The highest BCUT2D eigenvalue weighted by atomic mass is 19.4. The van der Waals surface area contributed by atoms with Crippen LogP contribution >= 0.6 is 0 Å². The van der Waals surface area contributed by atoms with Crippen molar-refractivity contribution in [2.45, 2.75) is 25.6 Å². The van der Waals surface area contributed by atoms with Gasteiger partial charge in [0, 0.05) is 17.5 Å². The molecule has 172 valence electrons. The van der Waals surface area contributed by atoms with Gasteiger partial charge in [-0.1, -0.05) is 17.3 Å². The lowest BCUT2D eigenvalue weighted by Crippen LogP contribution is -2.16. The summed E-state index contributed by atoms with van der Waals surface area (Å²) in [5.74, 6) is 0.170. The third-order valence-corrected chi connectivity index (χ3v) is 4.72. The molecule has 3 aromatic rings. The highest BCUT2D eigenvalue weighted by Crippen LogP contribution is 2.32. The van der Waals surface area contributed by atoms with Crippen LogP contribution in [-0.2, 0) is 22.3 Å². The topological polar surface area (TPSA) is 101 Å². The molecule has 2 heterocycles. The molecule has 0 unspecified atom stereocenters. The molecule has 1 aliphatic rings. The number of fused-ring (bicyclic) bond motifs is 1. The van der Waals surface area contributed by atoms with Gasteiger partial charge >= 0.3 is 12.1 Å². The fraction of sp³-hybridized carbons (Fsp3) is 0.273. The van der Waals surface area contributed by atoms with Crippen LogP contribution in [0.4, 0.5) is 13.2 Å². The number of carbonyl (C=O) groups is 2. The molecule has 1 aromatic heterocycles. The van der Waals surface area contributed by atoms with Gasteiger partial charge in [0.25, 0.3) is 5.89 Å². The number of carbonyl (C=O) groups excluding carboxylic acids is 2. The van der Waals surface area contributed by atoms with E-state index in [9.17, 15) is 22.8 Å². The smallest absolute Gasteiger partial charge is 0.416 e. The number of nitrogens with zero attached hydrogens (tertiary/aromatic N) is 2. The van der Waals surface area contributed by atoms with E-state index in [-0.39, 0.29) is 36.9 Å². The summed E-state index contributed by atoms with van der Waals surface area (Å²) in [6.07, 6.45) is -4.68. The molecule has 0 aliphatic carbocycles. The Morgan fingerprint density at radius 2 is 1.70 bits per heavy atom. The van der Waals surface area contributed by atoms with Gasteiger partial charge in [-0.25, -0.2) is 0 Å². The molecule has 4 rings (SSSR count). The Kier molecular flexibility index (Phi) is 6.29. The third kappa shape index (κ3) is 5.48. The van der Waals surface area contributed by atoms with Crippen molar-refractivity contribution in [3.05, 3.63) is 59.5 Å². The van der Waals surface area contributed by atoms with E-state index < -0.39 is 17.7 Å². The number of ether oxygens (including phenoxy) is 3. The molecule has 0 fully saturated rings. The number of benzene rings is 2. The summed E-state index contributed by atoms with van der Waals surface area (Å²) in [5.41, 5.74) is -0.0887. The Morgan fingerprint density at radius 1 is 0.970 bits per heavy atom. The van der Waals surface area contributed by atoms with E-state index in [2.05, 4.69) is 10.1 Å². The molecule has 0 radical (unpaired) electrons. The molecule has 0 saturated carbocycles. The Hall–Kier alpha value is -3.89. The zero-order chi connectivity index (χ0) is 23.4. The van der Waals surface area contributed by atoms with Gasteiger partial charge in [-0.15, -0.1) is 0 Å². The van der Waals surface area contributed by atoms with Gasteiger partial charge in [-0.3, -0.25) is 9.59 Å². The fourth-order valence-corrected chi connectivity index (χ4v) is 3.03. The minimum Gasteiger partial charge on any atom is -0.486 e. The van der Waals surface area contributed by atoms with E-state index in [0.29, 0.717) is 35.8 Å². The van der Waals surface area contributed by atoms with E-state index in [1.165, 1.54) is 12.1 Å². The second-order valence-electron chi connectivity index (χ2n) is 7.03. The zero-order valence-electron chi connectivity index (χ0n) is 17.1. The molecule has 0 spiro atoms. The summed E-state index contributed by atoms with van der Waals surface area (Å²) in [6, 6.07) is 9.06. The van der Waals surface area contributed by atoms with Crippen LogP contribution < -0.4 is 9.47 Å². The third-order valence-electron chi connectivity index (χ3n) is 4.72. The quantitative estimate of drug-likeness (QED) is 0.380. The number of Topliss-reactive ketones (excluding diaryl/α,β-unsaturated/α-hetero) is 1. The van der Waals surface area contributed by atoms with Gasteiger partial charge in [0.2, 0.25) is 5.82 Å². The molecule has 11 heteroatoms. The zero-order valence-corrected chi connectivity index (χ0v) is 17.1. The van der Waals surface area contributed by atoms with Crippen LogP contribution in [0.5, 0.6) is 11.5 Å². The molecule has 0 N–H and O–H groups in total. The number of esters is 1. The maximum Gasteiger partial charge on any atom is 0.416 e. The van der Waals surface area contributed by atoms with E-state index in [1.54, 1.807) is 18.2 Å². The second-order valence-corrected chi connectivity index (χ2v) is 7.03. The van der Waals surface area contributed by atoms with Crippen molar-refractivity contribution in [1.82, 2.24) is 10.1 Å². The highest BCUT2D eigenvalue weighted by molar-refractivity contribution is 5.98. The number of aromatic nitrogens is 2. The monoisotopic (exact) mass is 462 g/mol. The molecule has 0 bridgehead atoms. The molecular formula is C22H17F3N2O6. The maximum absolute atomic E-state index is 12.6. The molecule has 1 aliphatic heterocycles. The van der Waals surface area contributed by atoms with Crippen LogP contribution in [0.2, 0.25) is 0 Å². The van der Waals surface area contributed by atoms with Crippen LogP contribution in [0, 0.1) is 0 Å². The lowest BCUT2D eigenvalue weighted by Gasteiger charge is -2.18. The number of ketones is 1. The molecule has 0 atom stereocenters. The second kappa shape index (κ2) is 9.31. The lowest BCUT2D eigenvalue weighted by atomic mass is 10.1. The average molecular weight is 462 g/mol. The molecule has 8 nitrogen and oxygen atoms in total. The summed E-state index contributed by atoms with van der Waals surface area (Å²) in [6.45, 7) is 0.510. The first-order valence-corrected chi connectivity index (χ1v) is 9.88. The van der Waals surface area contributed by atoms with Crippen LogP contribution in [0.25, 0.3) is 11.4 Å². The minimum atomic E-state index is -4.45. The number of halogens is 3. The van der Waals surface area contributed by atoms with Crippen molar-refractivity contribution < 1.29 is 41.5 Å². The van der Waals surface area contributed by atoms with E-state index in [1.807, 2.05) is 0 Å². The van der Waals surface area contributed by atoms with Gasteiger partial charge in [0.1, 0.15) is 13.2 Å². The van der Waals surface area contributed by atoms with Gasteiger partial charge in [0.05, 0.1) is 12.0 Å². The lowest BCUT2D eigenvalue weighted by molar-refractivity contribution is -0.145. The molecule has 0 amide bonds. The van der Waals surface area contributed by atoms with Gasteiger partial charge in [0.15, 0.2) is 23.9 Å². The van der Waals surface area contributed by atoms with E-state index in [0.717, 1.165) is 12.1 Å². The molecule has 2 aromatic carbocycles. The first kappa shape index (κ1) is 22.3. The largest absolute Gasteiger partial charge is 0.486 e. The van der Waals surface area contributed by atoms with Gasteiger partial charge < -0.3 is 18.7 Å². The predicted molar refractivity (Wildman–Crippen MR) is 106 cm³/mol. The molecule has 33 heavy (non-hydrogen) atoms. The van der Waals surface area contributed by atoms with Crippen molar-refractivity contribution in [3.63, 3.8) is 0 Å². The number of alkyl halides is 3. The molecular weight excluding hydrogens is 445 g/mol. The average Bonchev–Trinajstić information content (AvgIpc) is 3.29. The maximum atomic E-state index is 12.6. The van der Waals surface area contributed by atoms with Crippen molar-refractivity contribution in [1.29, 1.82) is 0 Å². The summed E-state index contributed by atoms with van der Waals surface area (Å²) < 4.78 is 58.8. The van der Waals surface area contributed by atoms with Crippen LogP contribution in [0.1, 0.15) is 34.7 Å². The SMILES string of the molecule is O=C(CCC(=O)c1ccc2c(c1)OCCO2)OCc1nc(-c2ccc(C(F)(F)F)cc2)no1. The normalized spacial score (nSPS) is 12.9. The highest BCUT2D eigenvalue weighted by Gasteiger charge is 2.30. The Labute approximate surface area is 185 Å². The van der Waals surface area contributed by atoms with E-state index >= 15 is 0 Å². The predicted octanol–water partition coefficient (Wildman–Crippen LogP) is 4.23. The Bertz CT molecular complexity index is 1160. The number of rotatable bonds is 7. The Balaban J connectivity index is 1.26. The standard InChI is InChI=1S/C22H17F3N2O6/c23-22(24,25)15-4-1-13(2-5-15)21-26-19(33-27-21)12-32-20(29)8-6-16(28)14-3-7-17-18(11-14)31-10-9-30-17/h1-5,7,11H,6,8-10,12H2. The van der Waals surface area contributed by atoms with Crippen LogP contribution in [0.15, 0.2) is 47.0 Å². The number of hydrogen-bond acceptors (Lipinski definition) is 8.